The largest absolute Gasteiger partial charge is 0.476 e. The second-order valence-corrected chi connectivity index (χ2v) is 22.7. The van der Waals surface area contributed by atoms with E-state index in [9.17, 15) is 28.0 Å². The summed E-state index contributed by atoms with van der Waals surface area (Å²) in [6, 6.07) is 25.0. The van der Waals surface area contributed by atoms with Gasteiger partial charge in [-0.2, -0.15) is 0 Å². The van der Waals surface area contributed by atoms with E-state index < -0.39 is 22.5 Å². The van der Waals surface area contributed by atoms with Gasteiger partial charge in [0.15, 0.2) is 46.3 Å². The van der Waals surface area contributed by atoms with Crippen LogP contribution in [-0.4, -0.2) is 132 Å². The van der Waals surface area contributed by atoms with Crippen LogP contribution in [0.25, 0.3) is 21.8 Å². The third kappa shape index (κ3) is 14.8. The van der Waals surface area contributed by atoms with Gasteiger partial charge in [-0.1, -0.05) is 36.4 Å². The van der Waals surface area contributed by atoms with E-state index in [0.29, 0.717) is 124 Å². The monoisotopic (exact) mass is 1250 g/mol. The quantitative estimate of drug-likeness (QED) is 0.0411. The fourth-order valence-corrected chi connectivity index (χ4v) is 11.1. The van der Waals surface area contributed by atoms with Crippen molar-refractivity contribution in [1.29, 1.82) is 0 Å². The Morgan fingerprint density at radius 3 is 1.41 bits per heavy atom. The molecule has 0 unspecified atom stereocenters. The molecule has 21 heteroatoms. The van der Waals surface area contributed by atoms with E-state index in [1.165, 1.54) is 48.5 Å². The Morgan fingerprint density at radius 1 is 0.494 bits per heavy atom. The molecule has 6 heterocycles. The molecule has 87 heavy (non-hydrogen) atoms. The molecule has 0 radical (unpaired) electrons. The summed E-state index contributed by atoms with van der Waals surface area (Å²) in [6.07, 6.45) is 8.15. The second kappa shape index (κ2) is 27.3. The number of halogens is 5. The Morgan fingerprint density at radius 2 is 0.931 bits per heavy atom. The van der Waals surface area contributed by atoms with Gasteiger partial charge < -0.3 is 28.4 Å². The van der Waals surface area contributed by atoms with Crippen molar-refractivity contribution in [3.8, 4) is 34.8 Å². The number of carbonyl (C=O) groups is 4. The molecule has 4 aliphatic rings. The number of benzene rings is 4. The number of Topliss-reactive ketones (excluding diaryl/α,β-unsaturated/α-hetero) is 4. The van der Waals surface area contributed by atoms with Crippen LogP contribution in [0.3, 0.4) is 0 Å². The lowest BCUT2D eigenvalue weighted by Crippen LogP contribution is -2.38. The van der Waals surface area contributed by atoms with Crippen molar-refractivity contribution in [3.63, 3.8) is 0 Å². The Labute approximate surface area is 507 Å². The van der Waals surface area contributed by atoms with E-state index in [1.807, 2.05) is 0 Å². The van der Waals surface area contributed by atoms with Crippen molar-refractivity contribution in [2.45, 2.75) is 51.4 Å². The van der Waals surface area contributed by atoms with Gasteiger partial charge in [0.2, 0.25) is 11.8 Å². The lowest BCUT2D eigenvalue weighted by molar-refractivity contribution is -0.135. The second-order valence-electron chi connectivity index (χ2n) is 22.0. The van der Waals surface area contributed by atoms with Crippen molar-refractivity contribution < 1.29 is 65.2 Å². The van der Waals surface area contributed by atoms with Crippen molar-refractivity contribution >= 4 is 60.9 Å². The van der Waals surface area contributed by atoms with Crippen molar-refractivity contribution in [2.24, 2.45) is 10.8 Å². The molecule has 4 aromatic heterocycles. The van der Waals surface area contributed by atoms with Crippen LogP contribution in [0.2, 0.25) is 0 Å². The Balaban J connectivity index is 0.000000180. The predicted octanol–water partition coefficient (Wildman–Crippen LogP) is 11.0. The summed E-state index contributed by atoms with van der Waals surface area (Å²) in [5, 5.41) is 1.16. The Kier molecular flexibility index (Phi) is 19.0. The van der Waals surface area contributed by atoms with Crippen LogP contribution < -0.4 is 18.9 Å². The molecule has 4 aromatic carbocycles. The summed E-state index contributed by atoms with van der Waals surface area (Å²) < 4.78 is 91.6. The summed E-state index contributed by atoms with van der Waals surface area (Å²) in [5.41, 5.74) is 1.26. The number of aromatic nitrogens is 4. The third-order valence-corrected chi connectivity index (χ3v) is 16.8. The first-order chi connectivity index (χ1) is 42.2. The zero-order valence-electron chi connectivity index (χ0n) is 47.4. The predicted molar refractivity (Wildman–Crippen MR) is 316 cm³/mol. The zero-order chi connectivity index (χ0) is 60.5. The molecule has 2 saturated heterocycles. The van der Waals surface area contributed by atoms with Crippen molar-refractivity contribution in [3.05, 3.63) is 178 Å². The first-order valence-corrected chi connectivity index (χ1v) is 29.6. The smallest absolute Gasteiger partial charge is 0.230 e. The van der Waals surface area contributed by atoms with Crippen LogP contribution in [0.5, 0.6) is 34.8 Å². The van der Waals surface area contributed by atoms with Crippen LogP contribution in [0.1, 0.15) is 47.9 Å². The molecule has 0 atom stereocenters. The average molecular weight is 1250 g/mol. The van der Waals surface area contributed by atoms with Gasteiger partial charge in [0, 0.05) is 95.8 Å². The van der Waals surface area contributed by atoms with Crippen LogP contribution in [0.4, 0.5) is 17.6 Å². The number of fused-ring (bicyclic) bond motifs is 2. The molecule has 0 spiro atoms. The highest BCUT2D eigenvalue weighted by Gasteiger charge is 2.55. The van der Waals surface area contributed by atoms with Crippen molar-refractivity contribution in [1.82, 2.24) is 29.7 Å². The molecule has 0 bridgehead atoms. The summed E-state index contributed by atoms with van der Waals surface area (Å²) >= 11 is 3.54. The van der Waals surface area contributed by atoms with E-state index >= 15 is 8.78 Å². The van der Waals surface area contributed by atoms with E-state index in [2.05, 4.69) is 45.7 Å². The fourth-order valence-electron chi connectivity index (χ4n) is 10.6. The number of rotatable bonds is 24. The molecular formula is C66H61BrF4N6O10. The number of carbonyl (C=O) groups excluding carboxylic acids is 4. The molecule has 0 amide bonds. The maximum Gasteiger partial charge on any atom is 0.230 e. The molecule has 0 N–H and O–H groups in total. The van der Waals surface area contributed by atoms with Gasteiger partial charge in [-0.25, -0.2) is 27.5 Å². The molecule has 12 rings (SSSR count). The number of morpholine rings is 2. The number of ketones is 4. The molecule has 16 nitrogen and oxygen atoms in total. The number of hydrogen-bond acceptors (Lipinski definition) is 16. The highest BCUT2D eigenvalue weighted by atomic mass is 79.9. The Bertz CT molecular complexity index is 3820. The van der Waals surface area contributed by atoms with E-state index in [-0.39, 0.29) is 71.9 Å². The summed E-state index contributed by atoms with van der Waals surface area (Å²) in [5.74, 6) is -1.35. The van der Waals surface area contributed by atoms with Gasteiger partial charge in [0.25, 0.3) is 0 Å². The van der Waals surface area contributed by atoms with Crippen molar-refractivity contribution in [2.75, 3.05) is 78.9 Å². The van der Waals surface area contributed by atoms with E-state index in [1.54, 1.807) is 79.4 Å². The lowest BCUT2D eigenvalue weighted by atomic mass is 9.88. The minimum Gasteiger partial charge on any atom is -0.476 e. The maximum absolute atomic E-state index is 15.2. The number of hydrogen-bond donors (Lipinski definition) is 0. The van der Waals surface area contributed by atoms with Gasteiger partial charge in [0.05, 0.1) is 59.1 Å². The summed E-state index contributed by atoms with van der Waals surface area (Å²) in [4.78, 5) is 74.3. The molecule has 2 aliphatic carbocycles. The zero-order valence-corrected chi connectivity index (χ0v) is 49.0. The van der Waals surface area contributed by atoms with E-state index in [0.717, 1.165) is 52.5 Å². The number of ether oxygens (including phenoxy) is 6. The van der Waals surface area contributed by atoms with E-state index in [4.69, 9.17) is 28.4 Å². The summed E-state index contributed by atoms with van der Waals surface area (Å²) in [7, 11) is 0. The highest BCUT2D eigenvalue weighted by molar-refractivity contribution is 9.10. The topological polar surface area (TPSA) is 182 Å². The minimum atomic E-state index is -1.05. The highest BCUT2D eigenvalue weighted by Crippen LogP contribution is 2.50. The first-order valence-electron chi connectivity index (χ1n) is 28.8. The van der Waals surface area contributed by atoms with Gasteiger partial charge in [-0.05, 0) is 125 Å². The Hall–Kier alpha value is -8.08. The first kappa shape index (κ1) is 60.6. The number of nitrogens with zero attached hydrogens (tertiary/aromatic N) is 6. The third-order valence-electron chi connectivity index (χ3n) is 16.1. The minimum absolute atomic E-state index is 0.0111. The molecule has 4 fully saturated rings. The van der Waals surface area contributed by atoms with Crippen LogP contribution in [0, 0.1) is 34.1 Å². The molecule has 2 aliphatic heterocycles. The van der Waals surface area contributed by atoms with Crippen LogP contribution in [-0.2, 0) is 54.3 Å². The van der Waals surface area contributed by atoms with Gasteiger partial charge in [-0.3, -0.25) is 38.9 Å². The molecule has 2 saturated carbocycles. The standard InChI is InChI=1S/C33H30BrF2N3O5.C33H31F2N3O5/c34-30-31-24(20-38-32(30)43-16-13-39-11-14-42-15-12-39)26(7-10-37-31)44-27-6-3-22(17-25(27)36)19-29(41)33(8-9-33)28(40)18-21-1-4-23(35)5-2-21;34-24-4-1-22(2-5-24)18-30(39)33(8-9-33)31(40)19-23-3-6-29(26(35)17-23)43-28-7-10-36-27-20-32(37-21-25(27)28)42-16-13-38-11-14-41-15-12-38/h1-7,10,17,20H,8-9,11-16,18-19H2;1-7,10,17,20-21H,8-9,11-16,18-19H2. The lowest BCUT2D eigenvalue weighted by Gasteiger charge is -2.26. The van der Waals surface area contributed by atoms with Gasteiger partial charge >= 0.3 is 0 Å². The fraction of sp³-hybridized carbons (Fsp3) is 0.333. The molecular weight excluding hydrogens is 1190 g/mol. The molecule has 8 aromatic rings. The normalized spacial score (nSPS) is 16.1. The maximum atomic E-state index is 15.2. The molecule has 450 valence electrons. The van der Waals surface area contributed by atoms with Gasteiger partial charge in [-0.15, -0.1) is 0 Å². The summed E-state index contributed by atoms with van der Waals surface area (Å²) in [6.45, 7) is 8.84. The van der Waals surface area contributed by atoms with Crippen LogP contribution >= 0.6 is 15.9 Å². The number of pyridine rings is 4. The van der Waals surface area contributed by atoms with Crippen LogP contribution in [0.15, 0.2) is 132 Å². The van der Waals surface area contributed by atoms with Gasteiger partial charge in [0.1, 0.15) is 40.8 Å². The SMILES string of the molecule is O=C(Cc1ccc(F)cc1)C1(C(=O)Cc2ccc(Oc3ccnc4c(Br)c(OCCN5CCOCC5)ncc34)c(F)c2)CC1.O=C(Cc1ccc(F)cc1)C1(C(=O)Cc2ccc(Oc3ccnc4cc(OCCN5CCOCC5)ncc34)c(F)c2)CC1. The average Bonchev–Trinajstić information content (AvgIpc) is 1.83.